The Morgan fingerprint density at radius 2 is 1.84 bits per heavy atom. The number of fused-ring (bicyclic) bond motifs is 1. The molecule has 1 amide bonds. The first-order chi connectivity index (χ1) is 9.28. The van der Waals surface area contributed by atoms with Crippen molar-refractivity contribution >= 4 is 17.3 Å². The zero-order chi connectivity index (χ0) is 13.2. The number of amides is 1. The third-order valence-corrected chi connectivity index (χ3v) is 3.13. The van der Waals surface area contributed by atoms with Crippen LogP contribution in [0.5, 0.6) is 5.75 Å². The van der Waals surface area contributed by atoms with Crippen LogP contribution in [0, 0.1) is 0 Å². The number of carbonyl (C=O) groups excluding carboxylic acids is 1. The number of para-hydroxylation sites is 2. The number of carbonyl (C=O) groups is 1. The molecule has 0 aromatic heterocycles. The fourth-order valence-electron chi connectivity index (χ4n) is 2.10. The second-order valence-corrected chi connectivity index (χ2v) is 4.36. The van der Waals surface area contributed by atoms with E-state index in [-0.39, 0.29) is 5.91 Å². The van der Waals surface area contributed by atoms with Gasteiger partial charge in [0.1, 0.15) is 5.75 Å². The minimum atomic E-state index is -0.596. The second-order valence-electron chi connectivity index (χ2n) is 4.36. The minimum Gasteiger partial charge on any atom is -0.474 e. The van der Waals surface area contributed by atoms with Gasteiger partial charge in [-0.3, -0.25) is 4.79 Å². The second kappa shape index (κ2) is 4.65. The highest BCUT2D eigenvalue weighted by Gasteiger charge is 2.28. The van der Waals surface area contributed by atoms with E-state index in [0.717, 1.165) is 16.9 Å². The van der Waals surface area contributed by atoms with Crippen molar-refractivity contribution in [3.8, 4) is 5.75 Å². The molecule has 1 atom stereocenters. The molecule has 0 radical (unpaired) electrons. The summed E-state index contributed by atoms with van der Waals surface area (Å²) in [4.78, 5) is 12.1. The van der Waals surface area contributed by atoms with E-state index >= 15 is 0 Å². The summed E-state index contributed by atoms with van der Waals surface area (Å²) in [6.07, 6.45) is -0.596. The summed E-state index contributed by atoms with van der Waals surface area (Å²) in [6, 6.07) is 15.1. The molecule has 4 nitrogen and oxygen atoms in total. The molecule has 2 aromatic carbocycles. The van der Waals surface area contributed by atoms with Gasteiger partial charge < -0.3 is 15.4 Å². The molecule has 1 aliphatic heterocycles. The third kappa shape index (κ3) is 2.12. The molecule has 3 rings (SSSR count). The van der Waals surface area contributed by atoms with Crippen LogP contribution in [-0.4, -0.2) is 13.0 Å². The first-order valence-corrected chi connectivity index (χ1v) is 6.12. The van der Waals surface area contributed by atoms with Crippen molar-refractivity contribution in [3.63, 3.8) is 0 Å². The first kappa shape index (κ1) is 11.6. The molecule has 0 saturated carbocycles. The molecule has 2 N–H and O–H groups in total. The fraction of sp³-hybridized carbons (Fsp3) is 0.133. The van der Waals surface area contributed by atoms with Gasteiger partial charge in [-0.2, -0.15) is 0 Å². The third-order valence-electron chi connectivity index (χ3n) is 3.13. The number of hydrogen-bond acceptors (Lipinski definition) is 3. The molecule has 1 unspecified atom stereocenters. The molecular weight excluding hydrogens is 240 g/mol. The smallest absolute Gasteiger partial charge is 0.270 e. The molecule has 96 valence electrons. The lowest BCUT2D eigenvalue weighted by molar-refractivity contribution is -0.123. The highest BCUT2D eigenvalue weighted by molar-refractivity contribution is 5.98. The standard InChI is InChI=1S/C15H14N2O2/c1-16-11-8-6-10(7-9-11)14-15(18)17-12-4-2-3-5-13(12)19-14/h2-9,14,16H,1H3,(H,17,18). The maximum Gasteiger partial charge on any atom is 0.270 e. The monoisotopic (exact) mass is 254 g/mol. The van der Waals surface area contributed by atoms with Gasteiger partial charge in [0.2, 0.25) is 6.10 Å². The molecule has 0 fully saturated rings. The summed E-state index contributed by atoms with van der Waals surface area (Å²) < 4.78 is 5.77. The van der Waals surface area contributed by atoms with Crippen molar-refractivity contribution < 1.29 is 9.53 Å². The largest absolute Gasteiger partial charge is 0.474 e. The Balaban J connectivity index is 1.91. The Hall–Kier alpha value is -2.49. The summed E-state index contributed by atoms with van der Waals surface area (Å²) in [5, 5.41) is 5.90. The van der Waals surface area contributed by atoms with E-state index in [2.05, 4.69) is 10.6 Å². The lowest BCUT2D eigenvalue weighted by Crippen LogP contribution is -2.29. The average Bonchev–Trinajstić information content (AvgIpc) is 2.47. The number of benzene rings is 2. The van der Waals surface area contributed by atoms with Crippen molar-refractivity contribution in [1.82, 2.24) is 0 Å². The normalized spacial score (nSPS) is 17.1. The van der Waals surface area contributed by atoms with E-state index in [1.807, 2.05) is 55.6 Å². The zero-order valence-corrected chi connectivity index (χ0v) is 10.5. The van der Waals surface area contributed by atoms with E-state index in [4.69, 9.17) is 4.74 Å². The molecule has 2 aromatic rings. The Bertz CT molecular complexity index is 608. The zero-order valence-electron chi connectivity index (χ0n) is 10.5. The molecular formula is C15H14N2O2. The number of nitrogens with one attached hydrogen (secondary N) is 2. The van der Waals surface area contributed by atoms with Crippen molar-refractivity contribution in [1.29, 1.82) is 0 Å². The van der Waals surface area contributed by atoms with Crippen molar-refractivity contribution in [2.75, 3.05) is 17.7 Å². The molecule has 0 bridgehead atoms. The molecule has 0 aliphatic carbocycles. The number of anilines is 2. The quantitative estimate of drug-likeness (QED) is 0.866. The Morgan fingerprint density at radius 3 is 2.58 bits per heavy atom. The van der Waals surface area contributed by atoms with Gasteiger partial charge in [0.15, 0.2) is 0 Å². The van der Waals surface area contributed by atoms with Crippen molar-refractivity contribution in [3.05, 3.63) is 54.1 Å². The van der Waals surface area contributed by atoms with Gasteiger partial charge in [-0.25, -0.2) is 0 Å². The summed E-state index contributed by atoms with van der Waals surface area (Å²) in [5.41, 5.74) is 2.56. The Kier molecular flexibility index (Phi) is 2.83. The SMILES string of the molecule is CNc1ccc(C2Oc3ccccc3NC2=O)cc1. The molecule has 4 heteroatoms. The fourth-order valence-corrected chi connectivity index (χ4v) is 2.10. The summed E-state index contributed by atoms with van der Waals surface area (Å²) in [6.45, 7) is 0. The van der Waals surface area contributed by atoms with Crippen LogP contribution in [0.1, 0.15) is 11.7 Å². The molecule has 1 heterocycles. The maximum atomic E-state index is 12.1. The summed E-state index contributed by atoms with van der Waals surface area (Å²) in [7, 11) is 1.86. The summed E-state index contributed by atoms with van der Waals surface area (Å²) >= 11 is 0. The summed E-state index contributed by atoms with van der Waals surface area (Å²) in [5.74, 6) is 0.556. The van der Waals surface area contributed by atoms with Crippen LogP contribution in [0.2, 0.25) is 0 Å². The van der Waals surface area contributed by atoms with Crippen LogP contribution in [-0.2, 0) is 4.79 Å². The average molecular weight is 254 g/mol. The lowest BCUT2D eigenvalue weighted by Gasteiger charge is -2.26. The molecule has 19 heavy (non-hydrogen) atoms. The van der Waals surface area contributed by atoms with Gasteiger partial charge in [-0.15, -0.1) is 0 Å². The van der Waals surface area contributed by atoms with Crippen molar-refractivity contribution in [2.24, 2.45) is 0 Å². The van der Waals surface area contributed by atoms with Crippen molar-refractivity contribution in [2.45, 2.75) is 6.10 Å². The van der Waals surface area contributed by atoms with E-state index in [1.54, 1.807) is 0 Å². The molecule has 0 saturated heterocycles. The van der Waals surface area contributed by atoms with Crippen LogP contribution in [0.4, 0.5) is 11.4 Å². The van der Waals surface area contributed by atoms with Gasteiger partial charge >= 0.3 is 0 Å². The molecule has 1 aliphatic rings. The number of ether oxygens (including phenoxy) is 1. The Morgan fingerprint density at radius 1 is 1.11 bits per heavy atom. The number of rotatable bonds is 2. The van der Waals surface area contributed by atoms with Crippen LogP contribution >= 0.6 is 0 Å². The van der Waals surface area contributed by atoms with E-state index in [1.165, 1.54) is 0 Å². The van der Waals surface area contributed by atoms with E-state index in [0.29, 0.717) is 5.75 Å². The van der Waals surface area contributed by atoms with Crippen LogP contribution in [0.3, 0.4) is 0 Å². The van der Waals surface area contributed by atoms with Crippen LogP contribution in [0.25, 0.3) is 0 Å². The van der Waals surface area contributed by atoms with E-state index < -0.39 is 6.10 Å². The predicted octanol–water partition coefficient (Wildman–Crippen LogP) is 2.80. The highest BCUT2D eigenvalue weighted by Crippen LogP contribution is 2.34. The highest BCUT2D eigenvalue weighted by atomic mass is 16.5. The maximum absolute atomic E-state index is 12.1. The van der Waals surface area contributed by atoms with Gasteiger partial charge in [0.05, 0.1) is 5.69 Å². The van der Waals surface area contributed by atoms with Gasteiger partial charge in [-0.05, 0) is 24.3 Å². The Labute approximate surface area is 111 Å². The predicted molar refractivity (Wildman–Crippen MR) is 74.4 cm³/mol. The lowest BCUT2D eigenvalue weighted by atomic mass is 10.1. The minimum absolute atomic E-state index is 0.143. The van der Waals surface area contributed by atoms with Crippen LogP contribution < -0.4 is 15.4 Å². The van der Waals surface area contributed by atoms with Gasteiger partial charge in [0, 0.05) is 18.3 Å². The molecule has 0 spiro atoms. The first-order valence-electron chi connectivity index (χ1n) is 6.12. The number of hydrogen-bond donors (Lipinski definition) is 2. The van der Waals surface area contributed by atoms with Crippen LogP contribution in [0.15, 0.2) is 48.5 Å². The topological polar surface area (TPSA) is 50.4 Å². The van der Waals surface area contributed by atoms with Gasteiger partial charge in [-0.1, -0.05) is 24.3 Å². The van der Waals surface area contributed by atoms with E-state index in [9.17, 15) is 4.79 Å². The van der Waals surface area contributed by atoms with Gasteiger partial charge in [0.25, 0.3) is 5.91 Å².